The molecule has 0 bridgehead atoms. The van der Waals surface area contributed by atoms with Crippen LogP contribution in [0.4, 0.5) is 0 Å². The van der Waals surface area contributed by atoms with Crippen LogP contribution in [0.15, 0.2) is 84.7 Å². The maximum absolute atomic E-state index is 12.0. The predicted molar refractivity (Wildman–Crippen MR) is 122 cm³/mol. The van der Waals surface area contributed by atoms with E-state index in [1.807, 2.05) is 71.6 Å². The second-order valence-corrected chi connectivity index (χ2v) is 8.27. The molecule has 1 fully saturated rings. The Morgan fingerprint density at radius 1 is 1.00 bits per heavy atom. The van der Waals surface area contributed by atoms with Crippen molar-refractivity contribution in [2.75, 3.05) is 0 Å². The molecule has 4 rings (SSSR count). The Morgan fingerprint density at radius 2 is 1.67 bits per heavy atom. The highest BCUT2D eigenvalue weighted by Gasteiger charge is 2.56. The molecule has 150 valence electrons. The van der Waals surface area contributed by atoms with Crippen LogP contribution < -0.4 is 9.88 Å². The van der Waals surface area contributed by atoms with Crippen molar-refractivity contribution in [2.24, 2.45) is 0 Å². The summed E-state index contributed by atoms with van der Waals surface area (Å²) in [6.07, 6.45) is 3.75. The number of halogens is 2. The summed E-state index contributed by atoms with van der Waals surface area (Å²) in [5.41, 5.74) is 0.355. The second kappa shape index (κ2) is 8.31. The van der Waals surface area contributed by atoms with E-state index in [1.54, 1.807) is 12.1 Å². The van der Waals surface area contributed by atoms with Gasteiger partial charge in [-0.3, -0.25) is 5.41 Å². The maximum Gasteiger partial charge on any atom is 0.227 e. The standard InChI is InChI=1S/C23H17Cl2N3OS/c24-18-10-9-15(13-19(18)25)20-17(14-26)22(30)27-23(29,16-7-3-1-4-8-16)21(20)28-11-5-2-6-12-28/h1-13,20-21,26,29H/p+1/t20-,21+,23+/m0/s1. The molecule has 2 heterocycles. The van der Waals surface area contributed by atoms with E-state index in [-0.39, 0.29) is 4.99 Å². The number of piperidine rings is 1. The highest BCUT2D eigenvalue weighted by atomic mass is 35.5. The number of pyridine rings is 1. The molecule has 0 spiro atoms. The Morgan fingerprint density at radius 3 is 2.30 bits per heavy atom. The number of hydrogen-bond acceptors (Lipinski definition) is 3. The van der Waals surface area contributed by atoms with Crippen molar-refractivity contribution >= 4 is 46.3 Å². The Kier molecular flexibility index (Phi) is 5.74. The molecule has 0 amide bonds. The smallest absolute Gasteiger partial charge is 0.227 e. The van der Waals surface area contributed by atoms with Crippen molar-refractivity contribution in [1.29, 1.82) is 5.41 Å². The molecular formula is C23H18Cl2N3OS+. The summed E-state index contributed by atoms with van der Waals surface area (Å²) >= 11 is 18.0. The number of hydrogen-bond donors (Lipinski definition) is 3. The molecule has 4 nitrogen and oxygen atoms in total. The minimum Gasteiger partial charge on any atom is -0.362 e. The van der Waals surface area contributed by atoms with E-state index < -0.39 is 17.7 Å². The minimum atomic E-state index is -1.54. The number of nitrogens with zero attached hydrogens (tertiary/aromatic N) is 1. The molecule has 1 aliphatic rings. The van der Waals surface area contributed by atoms with Crippen LogP contribution in [0.1, 0.15) is 23.1 Å². The molecule has 1 saturated heterocycles. The van der Waals surface area contributed by atoms with Crippen LogP contribution in [0.25, 0.3) is 0 Å². The van der Waals surface area contributed by atoms with Crippen molar-refractivity contribution in [3.63, 3.8) is 0 Å². The largest absolute Gasteiger partial charge is 0.362 e. The van der Waals surface area contributed by atoms with E-state index in [0.29, 0.717) is 21.2 Å². The lowest BCUT2D eigenvalue weighted by Gasteiger charge is -2.43. The van der Waals surface area contributed by atoms with Gasteiger partial charge in [-0.25, -0.2) is 0 Å². The molecule has 0 aliphatic carbocycles. The molecule has 7 heteroatoms. The van der Waals surface area contributed by atoms with Gasteiger partial charge in [0.1, 0.15) is 4.99 Å². The normalized spacial score (nSPS) is 23.6. The monoisotopic (exact) mass is 454 g/mol. The van der Waals surface area contributed by atoms with Gasteiger partial charge < -0.3 is 10.4 Å². The first-order valence-electron chi connectivity index (χ1n) is 9.26. The molecule has 0 saturated carbocycles. The van der Waals surface area contributed by atoms with Gasteiger partial charge >= 0.3 is 0 Å². The van der Waals surface area contributed by atoms with Gasteiger partial charge in [0.15, 0.2) is 12.4 Å². The van der Waals surface area contributed by atoms with Gasteiger partial charge in [-0.15, -0.1) is 0 Å². The lowest BCUT2D eigenvalue weighted by molar-refractivity contribution is -0.743. The molecule has 30 heavy (non-hydrogen) atoms. The SMILES string of the molecule is N=C=C1C(=S)N[C@@](O)(c2ccccc2)[C@H]([n+]2ccccc2)[C@H]1c1ccc(Cl)c(Cl)c1. The van der Waals surface area contributed by atoms with Crippen LogP contribution in [0.3, 0.4) is 0 Å². The molecule has 1 aromatic heterocycles. The quantitative estimate of drug-likeness (QED) is 0.235. The zero-order valence-corrected chi connectivity index (χ0v) is 18.0. The molecule has 3 atom stereocenters. The van der Waals surface area contributed by atoms with E-state index in [1.165, 1.54) is 0 Å². The van der Waals surface area contributed by atoms with Gasteiger partial charge in [0.05, 0.1) is 21.5 Å². The van der Waals surface area contributed by atoms with Crippen LogP contribution in [-0.2, 0) is 5.72 Å². The van der Waals surface area contributed by atoms with Crippen LogP contribution >= 0.6 is 35.4 Å². The number of aromatic nitrogens is 1. The Hall–Kier alpha value is -2.53. The first-order valence-corrected chi connectivity index (χ1v) is 10.4. The summed E-state index contributed by atoms with van der Waals surface area (Å²) in [6.45, 7) is 0. The van der Waals surface area contributed by atoms with E-state index in [2.05, 4.69) is 11.2 Å². The van der Waals surface area contributed by atoms with Crippen molar-refractivity contribution in [1.82, 2.24) is 5.32 Å². The Labute approximate surface area is 189 Å². The van der Waals surface area contributed by atoms with Gasteiger partial charge in [-0.05, 0) is 23.6 Å². The summed E-state index contributed by atoms with van der Waals surface area (Å²) in [4.78, 5) is 0.264. The predicted octanol–water partition coefficient (Wildman–Crippen LogP) is 4.56. The zero-order chi connectivity index (χ0) is 21.3. The molecule has 3 N–H and O–H groups in total. The van der Waals surface area contributed by atoms with Gasteiger partial charge in [-0.1, -0.05) is 77.9 Å². The van der Waals surface area contributed by atoms with Crippen molar-refractivity contribution in [2.45, 2.75) is 17.7 Å². The first-order chi connectivity index (χ1) is 14.5. The number of benzene rings is 2. The van der Waals surface area contributed by atoms with E-state index in [4.69, 9.17) is 40.8 Å². The summed E-state index contributed by atoms with van der Waals surface area (Å²) < 4.78 is 1.91. The zero-order valence-electron chi connectivity index (χ0n) is 15.7. The maximum atomic E-state index is 12.0. The van der Waals surface area contributed by atoms with Crippen LogP contribution in [0.5, 0.6) is 0 Å². The molecule has 2 aromatic carbocycles. The van der Waals surface area contributed by atoms with Gasteiger partial charge in [-0.2, -0.15) is 4.57 Å². The highest BCUT2D eigenvalue weighted by Crippen LogP contribution is 2.46. The Bertz CT molecular complexity index is 1150. The van der Waals surface area contributed by atoms with Gasteiger partial charge in [0.25, 0.3) is 0 Å². The third kappa shape index (κ3) is 3.56. The fraction of sp³-hybridized carbons (Fsp3) is 0.130. The molecule has 0 unspecified atom stereocenters. The highest BCUT2D eigenvalue weighted by molar-refractivity contribution is 7.80. The fourth-order valence-electron chi connectivity index (χ4n) is 3.96. The summed E-state index contributed by atoms with van der Waals surface area (Å²) in [5.74, 6) is 1.99. The van der Waals surface area contributed by atoms with Crippen molar-refractivity contribution < 1.29 is 9.67 Å². The van der Waals surface area contributed by atoms with Gasteiger partial charge in [0, 0.05) is 17.7 Å². The van der Waals surface area contributed by atoms with E-state index >= 15 is 0 Å². The molecule has 3 aromatic rings. The number of rotatable bonds is 3. The first kappa shape index (κ1) is 20.7. The summed E-state index contributed by atoms with van der Waals surface area (Å²) in [7, 11) is 0. The summed E-state index contributed by atoms with van der Waals surface area (Å²) in [5, 5.41) is 23.8. The fourth-order valence-corrected chi connectivity index (χ4v) is 4.60. The third-order valence-corrected chi connectivity index (χ3v) is 6.38. The van der Waals surface area contributed by atoms with E-state index in [9.17, 15) is 5.11 Å². The molecular weight excluding hydrogens is 437 g/mol. The number of aliphatic hydroxyl groups is 1. The number of thiocarbonyl (C=S) groups is 1. The Balaban J connectivity index is 2.01. The lowest BCUT2D eigenvalue weighted by Crippen LogP contribution is -2.65. The molecule has 1 aliphatic heterocycles. The van der Waals surface area contributed by atoms with Crippen LogP contribution in [-0.4, -0.2) is 16.0 Å². The summed E-state index contributed by atoms with van der Waals surface area (Å²) in [6, 6.07) is 19.7. The minimum absolute atomic E-state index is 0.264. The topological polar surface area (TPSA) is 60.0 Å². The lowest BCUT2D eigenvalue weighted by atomic mass is 9.74. The third-order valence-electron chi connectivity index (χ3n) is 5.31. The average Bonchev–Trinajstić information content (AvgIpc) is 2.76. The van der Waals surface area contributed by atoms with Crippen LogP contribution in [0.2, 0.25) is 10.0 Å². The van der Waals surface area contributed by atoms with E-state index in [0.717, 1.165) is 5.56 Å². The van der Waals surface area contributed by atoms with Gasteiger partial charge in [0.2, 0.25) is 11.8 Å². The van der Waals surface area contributed by atoms with Crippen molar-refractivity contribution in [3.8, 4) is 0 Å². The van der Waals surface area contributed by atoms with Crippen molar-refractivity contribution in [3.05, 3.63) is 106 Å². The van der Waals surface area contributed by atoms with Crippen LogP contribution in [0, 0.1) is 5.41 Å². The second-order valence-electron chi connectivity index (χ2n) is 7.04. The average molecular weight is 455 g/mol. The molecule has 0 radical (unpaired) electrons. The number of nitrogens with one attached hydrogen (secondary N) is 2.